The molecular weight excluding hydrogens is 210 g/mol. The van der Waals surface area contributed by atoms with Crippen molar-refractivity contribution < 1.29 is 19.7 Å². The van der Waals surface area contributed by atoms with Gasteiger partial charge in [-0.1, -0.05) is 6.92 Å². The summed E-state index contributed by atoms with van der Waals surface area (Å²) in [6, 6.07) is 4.41. The zero-order valence-corrected chi connectivity index (χ0v) is 9.01. The number of nitrogen functional groups attached to an aromatic ring is 1. The number of carboxylic acids is 1. The fourth-order valence-corrected chi connectivity index (χ4v) is 1.12. The number of nitrogens with two attached hydrogens (primary N) is 1. The highest BCUT2D eigenvalue weighted by atomic mass is 16.5. The molecular formula is C11H15NO4. The number of benzene rings is 1. The maximum absolute atomic E-state index is 10.7. The third-order valence-corrected chi connectivity index (χ3v) is 2.10. The minimum atomic E-state index is -1.06. The lowest BCUT2D eigenvalue weighted by Crippen LogP contribution is -2.12. The molecule has 0 saturated heterocycles. The van der Waals surface area contributed by atoms with Gasteiger partial charge >= 0.3 is 5.97 Å². The van der Waals surface area contributed by atoms with Crippen LogP contribution < -0.4 is 10.5 Å². The second-order valence-corrected chi connectivity index (χ2v) is 3.65. The zero-order chi connectivity index (χ0) is 12.1. The highest BCUT2D eigenvalue weighted by Crippen LogP contribution is 2.20. The summed E-state index contributed by atoms with van der Waals surface area (Å²) in [6.07, 6.45) is 0. The molecule has 0 radical (unpaired) electrons. The van der Waals surface area contributed by atoms with Crippen molar-refractivity contribution in [3.63, 3.8) is 0 Å². The molecule has 0 aromatic heterocycles. The molecule has 0 amide bonds. The molecule has 1 atom stereocenters. The van der Waals surface area contributed by atoms with E-state index in [1.807, 2.05) is 6.92 Å². The largest absolute Gasteiger partial charge is 0.493 e. The lowest BCUT2D eigenvalue weighted by Gasteiger charge is -2.11. The third kappa shape index (κ3) is 3.13. The first-order valence-electron chi connectivity index (χ1n) is 4.91. The van der Waals surface area contributed by atoms with Crippen molar-refractivity contribution in [1.82, 2.24) is 0 Å². The van der Waals surface area contributed by atoms with Gasteiger partial charge in [0.05, 0.1) is 12.2 Å². The number of anilines is 1. The Balaban J connectivity index is 2.70. The van der Waals surface area contributed by atoms with Crippen LogP contribution in [0.25, 0.3) is 0 Å². The second-order valence-electron chi connectivity index (χ2n) is 3.65. The summed E-state index contributed by atoms with van der Waals surface area (Å²) in [4.78, 5) is 10.7. The van der Waals surface area contributed by atoms with E-state index < -0.39 is 5.97 Å². The quantitative estimate of drug-likeness (QED) is 0.649. The van der Waals surface area contributed by atoms with Crippen LogP contribution >= 0.6 is 0 Å². The monoisotopic (exact) mass is 225 g/mol. The van der Waals surface area contributed by atoms with Crippen molar-refractivity contribution in [2.45, 2.75) is 6.92 Å². The Morgan fingerprint density at radius 3 is 2.75 bits per heavy atom. The number of aliphatic hydroxyl groups excluding tert-OH is 1. The van der Waals surface area contributed by atoms with Crippen LogP contribution in [0, 0.1) is 5.92 Å². The number of hydrogen-bond acceptors (Lipinski definition) is 4. The smallest absolute Gasteiger partial charge is 0.337 e. The first-order valence-corrected chi connectivity index (χ1v) is 4.91. The van der Waals surface area contributed by atoms with E-state index >= 15 is 0 Å². The highest BCUT2D eigenvalue weighted by molar-refractivity contribution is 5.93. The van der Waals surface area contributed by atoms with Crippen LogP contribution in [0.4, 0.5) is 5.69 Å². The van der Waals surface area contributed by atoms with Gasteiger partial charge in [-0.15, -0.1) is 0 Å². The van der Waals surface area contributed by atoms with Crippen molar-refractivity contribution in [2.75, 3.05) is 18.9 Å². The van der Waals surface area contributed by atoms with E-state index in [0.717, 1.165) is 0 Å². The Hall–Kier alpha value is -1.75. The summed E-state index contributed by atoms with van der Waals surface area (Å²) in [5.74, 6) is -0.532. The van der Waals surface area contributed by atoms with Crippen LogP contribution in [-0.2, 0) is 0 Å². The summed E-state index contributed by atoms with van der Waals surface area (Å²) in [7, 11) is 0. The van der Waals surface area contributed by atoms with E-state index in [4.69, 9.17) is 20.7 Å². The van der Waals surface area contributed by atoms with E-state index in [9.17, 15) is 4.79 Å². The summed E-state index contributed by atoms with van der Waals surface area (Å²) in [6.45, 7) is 2.25. The van der Waals surface area contributed by atoms with Crippen LogP contribution in [0.15, 0.2) is 18.2 Å². The van der Waals surface area contributed by atoms with Gasteiger partial charge in [-0.05, 0) is 12.1 Å². The molecule has 0 fully saturated rings. The molecule has 0 aliphatic carbocycles. The van der Waals surface area contributed by atoms with E-state index in [1.54, 1.807) is 6.07 Å². The van der Waals surface area contributed by atoms with Crippen molar-refractivity contribution in [3.8, 4) is 5.75 Å². The molecule has 88 valence electrons. The minimum Gasteiger partial charge on any atom is -0.493 e. The number of hydrogen-bond donors (Lipinski definition) is 3. The maximum atomic E-state index is 10.7. The summed E-state index contributed by atoms with van der Waals surface area (Å²) < 4.78 is 5.34. The molecule has 1 aromatic carbocycles. The predicted molar refractivity (Wildman–Crippen MR) is 59.6 cm³/mol. The van der Waals surface area contributed by atoms with Gasteiger partial charge in [-0.25, -0.2) is 4.79 Å². The number of aromatic carboxylic acids is 1. The summed E-state index contributed by atoms with van der Waals surface area (Å²) in [5, 5.41) is 17.6. The zero-order valence-electron chi connectivity index (χ0n) is 9.01. The van der Waals surface area contributed by atoms with Crippen LogP contribution in [0.3, 0.4) is 0 Å². The molecule has 5 heteroatoms. The summed E-state index contributed by atoms with van der Waals surface area (Å²) in [5.41, 5.74) is 5.78. The van der Waals surface area contributed by atoms with E-state index in [2.05, 4.69) is 0 Å². The van der Waals surface area contributed by atoms with Gasteiger partial charge in [0.25, 0.3) is 0 Å². The van der Waals surface area contributed by atoms with Crippen molar-refractivity contribution in [2.24, 2.45) is 5.92 Å². The molecule has 1 aromatic rings. The molecule has 0 saturated carbocycles. The molecule has 0 spiro atoms. The topological polar surface area (TPSA) is 92.8 Å². The van der Waals surface area contributed by atoms with Gasteiger partial charge < -0.3 is 20.7 Å². The van der Waals surface area contributed by atoms with Crippen LogP contribution in [-0.4, -0.2) is 29.4 Å². The minimum absolute atomic E-state index is 0.0281. The number of aliphatic hydroxyl groups is 1. The number of carboxylic acid groups (broad SMARTS) is 1. The Labute approximate surface area is 93.5 Å². The summed E-state index contributed by atoms with van der Waals surface area (Å²) >= 11 is 0. The average Bonchev–Trinajstić information content (AvgIpc) is 2.25. The standard InChI is InChI=1S/C11H15NO4/c1-7(5-13)6-16-8-2-3-9(11(14)15)10(12)4-8/h2-4,7,13H,5-6,12H2,1H3,(H,14,15). The fourth-order valence-electron chi connectivity index (χ4n) is 1.12. The first kappa shape index (κ1) is 12.3. The SMILES string of the molecule is CC(CO)COc1ccc(C(=O)O)c(N)c1. The van der Waals surface area contributed by atoms with Gasteiger partial charge in [-0.3, -0.25) is 0 Å². The molecule has 0 aliphatic heterocycles. The number of ether oxygens (including phenoxy) is 1. The molecule has 16 heavy (non-hydrogen) atoms. The van der Waals surface area contributed by atoms with Crippen LogP contribution in [0.1, 0.15) is 17.3 Å². The normalized spacial score (nSPS) is 12.1. The molecule has 1 unspecified atom stereocenters. The van der Waals surface area contributed by atoms with Gasteiger partial charge in [0.1, 0.15) is 5.75 Å². The Morgan fingerprint density at radius 2 is 2.25 bits per heavy atom. The second kappa shape index (κ2) is 5.37. The van der Waals surface area contributed by atoms with E-state index in [0.29, 0.717) is 12.4 Å². The van der Waals surface area contributed by atoms with Gasteiger partial charge in [0, 0.05) is 24.3 Å². The molecule has 0 heterocycles. The highest BCUT2D eigenvalue weighted by Gasteiger charge is 2.09. The molecule has 0 bridgehead atoms. The first-order chi connectivity index (χ1) is 7.54. The van der Waals surface area contributed by atoms with E-state index in [1.165, 1.54) is 12.1 Å². The Bertz CT molecular complexity index is 378. The van der Waals surface area contributed by atoms with Gasteiger partial charge in [0.2, 0.25) is 0 Å². The fraction of sp³-hybridized carbons (Fsp3) is 0.364. The van der Waals surface area contributed by atoms with Crippen molar-refractivity contribution in [3.05, 3.63) is 23.8 Å². The molecule has 1 rings (SSSR count). The molecule has 0 aliphatic rings. The van der Waals surface area contributed by atoms with Crippen LogP contribution in [0.2, 0.25) is 0 Å². The number of rotatable bonds is 5. The molecule has 5 nitrogen and oxygen atoms in total. The maximum Gasteiger partial charge on any atom is 0.337 e. The predicted octanol–water partition coefficient (Wildman–Crippen LogP) is 0.974. The molecule has 4 N–H and O–H groups in total. The van der Waals surface area contributed by atoms with Crippen molar-refractivity contribution in [1.29, 1.82) is 0 Å². The lowest BCUT2D eigenvalue weighted by atomic mass is 10.1. The Morgan fingerprint density at radius 1 is 1.56 bits per heavy atom. The number of carbonyl (C=O) groups is 1. The lowest BCUT2D eigenvalue weighted by molar-refractivity contribution is 0.0698. The van der Waals surface area contributed by atoms with Gasteiger partial charge in [0.15, 0.2) is 0 Å². The third-order valence-electron chi connectivity index (χ3n) is 2.10. The van der Waals surface area contributed by atoms with Crippen molar-refractivity contribution >= 4 is 11.7 Å². The van der Waals surface area contributed by atoms with E-state index in [-0.39, 0.29) is 23.8 Å². The van der Waals surface area contributed by atoms with Crippen LogP contribution in [0.5, 0.6) is 5.75 Å². The van der Waals surface area contributed by atoms with Gasteiger partial charge in [-0.2, -0.15) is 0 Å². The Kier molecular flexibility index (Phi) is 4.13. The average molecular weight is 225 g/mol.